The van der Waals surface area contributed by atoms with Crippen LogP contribution in [0.15, 0.2) is 0 Å². The summed E-state index contributed by atoms with van der Waals surface area (Å²) in [6.07, 6.45) is 4.70. The fraction of sp³-hybridized carbons (Fsp3) is 0.917. The molecule has 92 valence electrons. The molecule has 2 saturated heterocycles. The highest BCUT2D eigenvalue weighted by atomic mass is 16.2. The minimum absolute atomic E-state index is 0.150. The summed E-state index contributed by atoms with van der Waals surface area (Å²) in [5.41, 5.74) is 0. The third-order valence-corrected chi connectivity index (χ3v) is 3.80. The lowest BCUT2D eigenvalue weighted by Gasteiger charge is -2.33. The Hall–Kier alpha value is -0.770. The van der Waals surface area contributed by atoms with Crippen molar-refractivity contribution in [3.8, 4) is 0 Å². The monoisotopic (exact) mass is 225 g/mol. The molecular formula is C12H23N3O. The molecule has 0 aromatic carbocycles. The maximum Gasteiger partial charge on any atom is 0.317 e. The predicted molar refractivity (Wildman–Crippen MR) is 64.4 cm³/mol. The van der Waals surface area contributed by atoms with Crippen LogP contribution in [-0.2, 0) is 0 Å². The van der Waals surface area contributed by atoms with Crippen LogP contribution in [0, 0.1) is 5.92 Å². The average molecular weight is 225 g/mol. The fourth-order valence-electron chi connectivity index (χ4n) is 2.80. The Morgan fingerprint density at radius 3 is 2.81 bits per heavy atom. The van der Waals surface area contributed by atoms with Gasteiger partial charge in [0, 0.05) is 13.1 Å². The zero-order valence-electron chi connectivity index (χ0n) is 10.2. The van der Waals surface area contributed by atoms with Crippen molar-refractivity contribution in [3.05, 3.63) is 0 Å². The Kier molecular flexibility index (Phi) is 4.04. The minimum Gasteiger partial charge on any atom is -0.336 e. The number of urea groups is 1. The van der Waals surface area contributed by atoms with Gasteiger partial charge in [-0.2, -0.15) is 0 Å². The second-order valence-corrected chi connectivity index (χ2v) is 4.89. The summed E-state index contributed by atoms with van der Waals surface area (Å²) in [4.78, 5) is 13.8. The number of rotatable bonds is 4. The SMILES string of the molecule is CCCCN1C(=O)NCC1C1CCNCC1. The molecule has 2 fully saturated rings. The lowest BCUT2D eigenvalue weighted by Crippen LogP contribution is -2.43. The molecule has 0 aromatic rings. The third kappa shape index (κ3) is 2.48. The molecular weight excluding hydrogens is 202 g/mol. The highest BCUT2D eigenvalue weighted by Crippen LogP contribution is 2.24. The first-order chi connectivity index (χ1) is 7.83. The standard InChI is InChI=1S/C12H23N3O/c1-2-3-8-15-11(9-14-12(15)16)10-4-6-13-7-5-10/h10-11,13H,2-9H2,1H3,(H,14,16). The van der Waals surface area contributed by atoms with Gasteiger partial charge in [-0.15, -0.1) is 0 Å². The van der Waals surface area contributed by atoms with Crippen LogP contribution >= 0.6 is 0 Å². The maximum atomic E-state index is 11.7. The smallest absolute Gasteiger partial charge is 0.317 e. The van der Waals surface area contributed by atoms with Crippen LogP contribution in [0.1, 0.15) is 32.6 Å². The lowest BCUT2D eigenvalue weighted by atomic mass is 9.90. The first kappa shape index (κ1) is 11.7. The Balaban J connectivity index is 1.93. The van der Waals surface area contributed by atoms with Crippen molar-refractivity contribution in [2.75, 3.05) is 26.2 Å². The van der Waals surface area contributed by atoms with Crippen LogP contribution in [0.3, 0.4) is 0 Å². The molecule has 1 unspecified atom stereocenters. The molecule has 0 radical (unpaired) electrons. The van der Waals surface area contributed by atoms with E-state index in [1.165, 1.54) is 12.8 Å². The highest BCUT2D eigenvalue weighted by molar-refractivity contribution is 5.76. The number of amides is 2. The largest absolute Gasteiger partial charge is 0.336 e. The lowest BCUT2D eigenvalue weighted by molar-refractivity contribution is 0.167. The number of hydrogen-bond donors (Lipinski definition) is 2. The zero-order valence-corrected chi connectivity index (χ0v) is 10.2. The van der Waals surface area contributed by atoms with E-state index in [9.17, 15) is 4.79 Å². The summed E-state index contributed by atoms with van der Waals surface area (Å²) in [7, 11) is 0. The zero-order chi connectivity index (χ0) is 11.4. The Morgan fingerprint density at radius 2 is 2.12 bits per heavy atom. The van der Waals surface area contributed by atoms with E-state index in [1.54, 1.807) is 0 Å². The van der Waals surface area contributed by atoms with Gasteiger partial charge in [0.25, 0.3) is 0 Å². The van der Waals surface area contributed by atoms with E-state index >= 15 is 0 Å². The van der Waals surface area contributed by atoms with Gasteiger partial charge in [-0.3, -0.25) is 0 Å². The first-order valence-corrected chi connectivity index (χ1v) is 6.58. The molecule has 2 amide bonds. The van der Waals surface area contributed by atoms with Gasteiger partial charge in [0.05, 0.1) is 6.04 Å². The van der Waals surface area contributed by atoms with E-state index in [0.29, 0.717) is 12.0 Å². The Bertz CT molecular complexity index is 238. The molecule has 0 aromatic heterocycles. The van der Waals surface area contributed by atoms with Gasteiger partial charge in [-0.25, -0.2) is 4.79 Å². The quantitative estimate of drug-likeness (QED) is 0.754. The van der Waals surface area contributed by atoms with Crippen LogP contribution in [0.4, 0.5) is 4.79 Å². The molecule has 16 heavy (non-hydrogen) atoms. The molecule has 2 aliphatic rings. The molecule has 2 rings (SSSR count). The molecule has 0 bridgehead atoms. The number of nitrogens with one attached hydrogen (secondary N) is 2. The number of unbranched alkanes of at least 4 members (excludes halogenated alkanes) is 1. The van der Waals surface area contributed by atoms with Crippen molar-refractivity contribution < 1.29 is 4.79 Å². The van der Waals surface area contributed by atoms with E-state index in [-0.39, 0.29) is 6.03 Å². The predicted octanol–water partition coefficient (Wildman–Crippen LogP) is 1.18. The molecule has 4 nitrogen and oxygen atoms in total. The molecule has 2 heterocycles. The maximum absolute atomic E-state index is 11.7. The minimum atomic E-state index is 0.150. The highest BCUT2D eigenvalue weighted by Gasteiger charge is 2.36. The van der Waals surface area contributed by atoms with Crippen LogP contribution in [0.25, 0.3) is 0 Å². The van der Waals surface area contributed by atoms with Crippen molar-refractivity contribution >= 4 is 6.03 Å². The molecule has 1 atom stereocenters. The fourth-order valence-corrected chi connectivity index (χ4v) is 2.80. The number of nitrogens with zero attached hydrogens (tertiary/aromatic N) is 1. The number of piperidine rings is 1. The van der Waals surface area contributed by atoms with Gasteiger partial charge in [0.15, 0.2) is 0 Å². The molecule has 0 spiro atoms. The molecule has 4 heteroatoms. The summed E-state index contributed by atoms with van der Waals surface area (Å²) < 4.78 is 0. The number of carbonyl (C=O) groups excluding carboxylic acids is 1. The number of carbonyl (C=O) groups is 1. The summed E-state index contributed by atoms with van der Waals surface area (Å²) in [5.74, 6) is 0.692. The van der Waals surface area contributed by atoms with Crippen molar-refractivity contribution in [2.24, 2.45) is 5.92 Å². The molecule has 2 aliphatic heterocycles. The van der Waals surface area contributed by atoms with E-state index in [2.05, 4.69) is 22.5 Å². The summed E-state index contributed by atoms with van der Waals surface area (Å²) in [5, 5.41) is 6.38. The molecule has 0 aliphatic carbocycles. The second kappa shape index (κ2) is 5.53. The van der Waals surface area contributed by atoms with Gasteiger partial charge < -0.3 is 15.5 Å². The normalized spacial score (nSPS) is 27.2. The van der Waals surface area contributed by atoms with E-state index in [0.717, 1.165) is 39.0 Å². The summed E-state index contributed by atoms with van der Waals surface area (Å²) in [6.45, 7) is 6.17. The van der Waals surface area contributed by atoms with E-state index in [1.807, 2.05) is 0 Å². The van der Waals surface area contributed by atoms with Crippen molar-refractivity contribution in [1.82, 2.24) is 15.5 Å². The third-order valence-electron chi connectivity index (χ3n) is 3.80. The molecule has 2 N–H and O–H groups in total. The summed E-state index contributed by atoms with van der Waals surface area (Å²) >= 11 is 0. The second-order valence-electron chi connectivity index (χ2n) is 4.89. The topological polar surface area (TPSA) is 44.4 Å². The van der Waals surface area contributed by atoms with Gasteiger partial charge in [0.2, 0.25) is 0 Å². The Labute approximate surface area is 97.8 Å². The van der Waals surface area contributed by atoms with Crippen molar-refractivity contribution in [1.29, 1.82) is 0 Å². The van der Waals surface area contributed by atoms with Crippen LogP contribution in [0.5, 0.6) is 0 Å². The van der Waals surface area contributed by atoms with Crippen LogP contribution in [-0.4, -0.2) is 43.2 Å². The first-order valence-electron chi connectivity index (χ1n) is 6.58. The molecule has 0 saturated carbocycles. The van der Waals surface area contributed by atoms with Gasteiger partial charge in [-0.1, -0.05) is 13.3 Å². The van der Waals surface area contributed by atoms with Crippen molar-refractivity contribution in [3.63, 3.8) is 0 Å². The summed E-state index contributed by atoms with van der Waals surface area (Å²) in [6, 6.07) is 0.595. The van der Waals surface area contributed by atoms with Gasteiger partial charge in [-0.05, 0) is 38.3 Å². The van der Waals surface area contributed by atoms with E-state index in [4.69, 9.17) is 0 Å². The van der Waals surface area contributed by atoms with E-state index < -0.39 is 0 Å². The Morgan fingerprint density at radius 1 is 1.38 bits per heavy atom. The average Bonchev–Trinajstić information content (AvgIpc) is 2.69. The van der Waals surface area contributed by atoms with Crippen LogP contribution in [0.2, 0.25) is 0 Å². The van der Waals surface area contributed by atoms with Crippen LogP contribution < -0.4 is 10.6 Å². The van der Waals surface area contributed by atoms with Gasteiger partial charge in [0.1, 0.15) is 0 Å². The van der Waals surface area contributed by atoms with Gasteiger partial charge >= 0.3 is 6.03 Å². The van der Waals surface area contributed by atoms with Crippen molar-refractivity contribution in [2.45, 2.75) is 38.6 Å². The number of hydrogen-bond acceptors (Lipinski definition) is 2.